The van der Waals surface area contributed by atoms with Crippen LogP contribution in [0.5, 0.6) is 0 Å². The molecule has 1 rings (SSSR count). The van der Waals surface area contributed by atoms with Gasteiger partial charge in [0.2, 0.25) is 0 Å². The van der Waals surface area contributed by atoms with E-state index in [4.69, 9.17) is 15.1 Å². The number of rotatable bonds is 5. The molecule has 94 valence electrons. The fraction of sp³-hybridized carbons (Fsp3) is 0.333. The molecule has 8 heteroatoms. The Bertz CT molecular complexity index is 456. The Morgan fingerprint density at radius 1 is 1.76 bits per heavy atom. The Hall–Kier alpha value is -1.77. The average Bonchev–Trinajstić information content (AvgIpc) is 2.34. The Morgan fingerprint density at radius 3 is 3.00 bits per heavy atom. The number of hydrogen-bond acceptors (Lipinski definition) is 6. The van der Waals surface area contributed by atoms with Gasteiger partial charge >= 0.3 is 5.69 Å². The lowest BCUT2D eigenvalue weighted by Crippen LogP contribution is -2.22. The number of anilines is 1. The first kappa shape index (κ1) is 13.3. The van der Waals surface area contributed by atoms with E-state index in [0.29, 0.717) is 0 Å². The van der Waals surface area contributed by atoms with Gasteiger partial charge in [-0.3, -0.25) is 9.77 Å². The van der Waals surface area contributed by atoms with Gasteiger partial charge in [-0.05, 0) is 6.08 Å². The lowest BCUT2D eigenvalue weighted by atomic mass is 10.3. The van der Waals surface area contributed by atoms with Crippen molar-refractivity contribution in [3.8, 4) is 0 Å². The zero-order chi connectivity index (χ0) is 12.8. The minimum Gasteiger partial charge on any atom is -0.393 e. The second-order valence-electron chi connectivity index (χ2n) is 3.04. The molecule has 0 aliphatic heterocycles. The average molecular weight is 245 g/mol. The van der Waals surface area contributed by atoms with Gasteiger partial charge in [-0.1, -0.05) is 0 Å². The highest BCUT2D eigenvalue weighted by atomic mass is 19.1. The van der Waals surface area contributed by atoms with Crippen molar-refractivity contribution in [3.63, 3.8) is 0 Å². The largest absolute Gasteiger partial charge is 0.393 e. The summed E-state index contributed by atoms with van der Waals surface area (Å²) in [6.07, 6.45) is 2.83. The van der Waals surface area contributed by atoms with E-state index in [0.717, 1.165) is 10.8 Å². The van der Waals surface area contributed by atoms with Crippen molar-refractivity contribution in [1.82, 2.24) is 9.55 Å². The molecule has 0 bridgehead atoms. The van der Waals surface area contributed by atoms with Gasteiger partial charge in [0.15, 0.2) is 11.6 Å². The summed E-state index contributed by atoms with van der Waals surface area (Å²) >= 11 is 0. The highest BCUT2D eigenvalue weighted by Crippen LogP contribution is 2.05. The number of methoxy groups -OCH3 is 1. The Balaban J connectivity index is 3.00. The first-order valence-electron chi connectivity index (χ1n) is 4.63. The maximum Gasteiger partial charge on any atom is 0.353 e. The number of aliphatic hydroxyl groups is 1. The number of hydrogen-bond donors (Lipinski definition) is 3. The van der Waals surface area contributed by atoms with Crippen molar-refractivity contribution in [1.29, 1.82) is 0 Å². The molecule has 1 aromatic rings. The molecule has 0 amide bonds. The van der Waals surface area contributed by atoms with Gasteiger partial charge < -0.3 is 9.84 Å². The number of halogens is 1. The van der Waals surface area contributed by atoms with E-state index >= 15 is 0 Å². The molecule has 1 heterocycles. The number of aromatic nitrogens is 2. The van der Waals surface area contributed by atoms with Crippen LogP contribution in [0.15, 0.2) is 17.1 Å². The molecule has 1 aromatic heterocycles. The van der Waals surface area contributed by atoms with Crippen molar-refractivity contribution in [2.24, 2.45) is 0 Å². The van der Waals surface area contributed by atoms with E-state index in [2.05, 4.69) is 4.98 Å². The zero-order valence-corrected chi connectivity index (χ0v) is 9.00. The van der Waals surface area contributed by atoms with Crippen molar-refractivity contribution in [2.75, 3.05) is 19.2 Å². The summed E-state index contributed by atoms with van der Waals surface area (Å²) in [5, 5.41) is 17.3. The first-order chi connectivity index (χ1) is 8.12. The number of aliphatic hydroxyl groups excluding tert-OH is 1. The van der Waals surface area contributed by atoms with Gasteiger partial charge in [-0.2, -0.15) is 4.98 Å². The van der Waals surface area contributed by atoms with Gasteiger partial charge in [0.05, 0.1) is 18.9 Å². The van der Waals surface area contributed by atoms with Crippen LogP contribution < -0.4 is 11.2 Å². The van der Waals surface area contributed by atoms with E-state index in [1.54, 1.807) is 0 Å². The van der Waals surface area contributed by atoms with E-state index in [1.807, 2.05) is 0 Å². The Morgan fingerprint density at radius 2 is 2.47 bits per heavy atom. The van der Waals surface area contributed by atoms with E-state index in [1.165, 1.54) is 24.9 Å². The smallest absolute Gasteiger partial charge is 0.353 e. The van der Waals surface area contributed by atoms with E-state index < -0.39 is 23.4 Å². The highest BCUT2D eigenvalue weighted by molar-refractivity contribution is 5.34. The van der Waals surface area contributed by atoms with Crippen LogP contribution in [0.1, 0.15) is 0 Å². The molecule has 0 aliphatic carbocycles. The maximum atomic E-state index is 13.2. The van der Waals surface area contributed by atoms with Gasteiger partial charge in [-0.25, -0.2) is 14.7 Å². The van der Waals surface area contributed by atoms with Crippen LogP contribution in [-0.2, 0) is 4.74 Å². The minimum atomic E-state index is -0.894. The molecule has 0 radical (unpaired) electrons. The van der Waals surface area contributed by atoms with Gasteiger partial charge in [0.1, 0.15) is 0 Å². The predicted molar refractivity (Wildman–Crippen MR) is 57.1 cm³/mol. The first-order valence-corrected chi connectivity index (χ1v) is 4.63. The molecule has 0 aliphatic rings. The van der Waals surface area contributed by atoms with Gasteiger partial charge in [0, 0.05) is 13.3 Å². The monoisotopic (exact) mass is 245 g/mol. The van der Waals surface area contributed by atoms with Crippen LogP contribution in [0.25, 0.3) is 6.20 Å². The normalized spacial score (nSPS) is 12.9. The molecule has 0 saturated heterocycles. The standard InChI is InChI=1S/C9H12FN3O4/c1-17-6(5-14)2-3-13-4-7(10)8(12-16)11-9(13)15/h2-4,6,14,16H,5H2,1H3,(H,11,12,15)/b3-2-. The minimum absolute atomic E-state index is 0.270. The van der Waals surface area contributed by atoms with Crippen molar-refractivity contribution < 1.29 is 19.4 Å². The summed E-state index contributed by atoms with van der Waals surface area (Å²) in [6, 6.07) is 0. The molecule has 0 fully saturated rings. The SMILES string of the molecule is COC(/C=C\n1cc(F)c(NO)nc1=O)CO. The summed E-state index contributed by atoms with van der Waals surface area (Å²) in [5.41, 5.74) is 0.677. The molecular formula is C9H12FN3O4. The van der Waals surface area contributed by atoms with Crippen LogP contribution in [0.3, 0.4) is 0 Å². The lowest BCUT2D eigenvalue weighted by Gasteiger charge is -2.06. The van der Waals surface area contributed by atoms with E-state index in [9.17, 15) is 9.18 Å². The molecule has 0 saturated carbocycles. The quantitative estimate of drug-likeness (QED) is 0.614. The van der Waals surface area contributed by atoms with Crippen LogP contribution in [0, 0.1) is 5.82 Å². The number of nitrogens with one attached hydrogen (secondary N) is 1. The summed E-state index contributed by atoms with van der Waals surface area (Å²) in [4.78, 5) is 14.6. The second-order valence-corrected chi connectivity index (χ2v) is 3.04. The fourth-order valence-corrected chi connectivity index (χ4v) is 1.03. The summed E-state index contributed by atoms with van der Waals surface area (Å²) in [5.74, 6) is -1.44. The van der Waals surface area contributed by atoms with E-state index in [-0.39, 0.29) is 6.61 Å². The van der Waals surface area contributed by atoms with Crippen LogP contribution in [0.4, 0.5) is 10.2 Å². The lowest BCUT2D eigenvalue weighted by molar-refractivity contribution is 0.0823. The maximum absolute atomic E-state index is 13.2. The summed E-state index contributed by atoms with van der Waals surface area (Å²) in [6.45, 7) is -0.270. The molecule has 1 atom stereocenters. The van der Waals surface area contributed by atoms with Crippen molar-refractivity contribution in [3.05, 3.63) is 28.6 Å². The second kappa shape index (κ2) is 6.09. The number of nitrogens with zero attached hydrogens (tertiary/aromatic N) is 2. The molecule has 17 heavy (non-hydrogen) atoms. The molecule has 0 spiro atoms. The molecule has 0 aromatic carbocycles. The summed E-state index contributed by atoms with van der Waals surface area (Å²) < 4.78 is 18.8. The van der Waals surface area contributed by atoms with Crippen LogP contribution in [0.2, 0.25) is 0 Å². The van der Waals surface area contributed by atoms with Gasteiger partial charge in [-0.15, -0.1) is 0 Å². The predicted octanol–water partition coefficient (Wildman–Crippen LogP) is -0.338. The van der Waals surface area contributed by atoms with Gasteiger partial charge in [0.25, 0.3) is 0 Å². The molecular weight excluding hydrogens is 233 g/mol. The zero-order valence-electron chi connectivity index (χ0n) is 9.00. The van der Waals surface area contributed by atoms with Crippen molar-refractivity contribution in [2.45, 2.75) is 6.10 Å². The molecule has 7 nitrogen and oxygen atoms in total. The third-order valence-electron chi connectivity index (χ3n) is 1.96. The Kier molecular flexibility index (Phi) is 4.76. The van der Waals surface area contributed by atoms with Crippen molar-refractivity contribution >= 4 is 12.0 Å². The Labute approximate surface area is 95.7 Å². The summed E-state index contributed by atoms with van der Waals surface area (Å²) in [7, 11) is 1.38. The fourth-order valence-electron chi connectivity index (χ4n) is 1.03. The third-order valence-corrected chi connectivity index (χ3v) is 1.96. The van der Waals surface area contributed by atoms with Crippen LogP contribution in [-0.4, -0.2) is 39.7 Å². The molecule has 1 unspecified atom stereocenters. The van der Waals surface area contributed by atoms with Crippen LogP contribution >= 0.6 is 0 Å². The number of ether oxygens (including phenoxy) is 1. The topological polar surface area (TPSA) is 96.6 Å². The highest BCUT2D eigenvalue weighted by Gasteiger charge is 2.06. The molecule has 3 N–H and O–H groups in total. The third kappa shape index (κ3) is 3.34.